The largest absolute Gasteiger partial charge is 0.493 e. The number of rotatable bonds is 7. The molecule has 0 aromatic heterocycles. The highest BCUT2D eigenvalue weighted by Gasteiger charge is 2.15. The molecule has 0 bridgehead atoms. The Balaban J connectivity index is 0.00000176. The van der Waals surface area contributed by atoms with Crippen molar-refractivity contribution in [1.82, 2.24) is 0 Å². The van der Waals surface area contributed by atoms with E-state index in [4.69, 9.17) is 9.47 Å². The minimum atomic E-state index is -0.603. The van der Waals surface area contributed by atoms with Crippen molar-refractivity contribution in [2.75, 3.05) is 14.2 Å². The van der Waals surface area contributed by atoms with Gasteiger partial charge in [-0.15, -0.1) is 0 Å². The van der Waals surface area contributed by atoms with Gasteiger partial charge in [-0.05, 0) is 23.8 Å². The summed E-state index contributed by atoms with van der Waals surface area (Å²) in [7, 11) is 2.73. The fraction of sp³-hybridized carbons (Fsp3) is 0.263. The molecule has 0 radical (unpaired) electrons. The molecule has 0 saturated heterocycles. The third-order valence-corrected chi connectivity index (χ3v) is 3.36. The zero-order valence-electron chi connectivity index (χ0n) is 15.6. The van der Waals surface area contributed by atoms with Gasteiger partial charge in [0.05, 0.1) is 31.1 Å². The summed E-state index contributed by atoms with van der Waals surface area (Å²) in [6, 6.07) is 8.54. The number of carbonyl (C=O) groups excluding carboxylic acids is 2. The number of nitrogens with zero attached hydrogens (tertiary/aromatic N) is 1. The van der Waals surface area contributed by atoms with E-state index in [1.54, 1.807) is 18.2 Å². The summed E-state index contributed by atoms with van der Waals surface area (Å²) in [5.74, 6) is 0.360. The molecule has 8 heteroatoms. The quantitative estimate of drug-likeness (QED) is 0.312. The van der Waals surface area contributed by atoms with Crippen molar-refractivity contribution in [2.45, 2.75) is 20.3 Å². The van der Waals surface area contributed by atoms with Gasteiger partial charge in [0, 0.05) is 12.1 Å². The molecule has 0 aliphatic rings. The van der Waals surface area contributed by atoms with Gasteiger partial charge in [-0.2, -0.15) is 0 Å². The third kappa shape index (κ3) is 5.81. The lowest BCUT2D eigenvalue weighted by molar-refractivity contribution is -0.384. The van der Waals surface area contributed by atoms with Crippen molar-refractivity contribution in [3.05, 3.63) is 57.6 Å². The van der Waals surface area contributed by atoms with Gasteiger partial charge in [-0.3, -0.25) is 19.7 Å². The molecule has 0 aliphatic heterocycles. The predicted octanol–water partition coefficient (Wildman–Crippen LogP) is 3.95. The highest BCUT2D eigenvalue weighted by molar-refractivity contribution is 5.81. The van der Waals surface area contributed by atoms with Gasteiger partial charge in [-0.25, -0.2) is 0 Å². The second-order valence-electron chi connectivity index (χ2n) is 4.94. The molecule has 0 heterocycles. The third-order valence-electron chi connectivity index (χ3n) is 3.36. The second-order valence-corrected chi connectivity index (χ2v) is 4.94. The monoisotopic (exact) mass is 375 g/mol. The maximum atomic E-state index is 11.4. The smallest absolute Gasteiger partial charge is 0.309 e. The number of ether oxygens (including phenoxy) is 3. The van der Waals surface area contributed by atoms with Gasteiger partial charge >= 0.3 is 5.97 Å². The zero-order chi connectivity index (χ0) is 20.4. The van der Waals surface area contributed by atoms with Gasteiger partial charge in [0.25, 0.3) is 5.69 Å². The van der Waals surface area contributed by atoms with E-state index in [-0.39, 0.29) is 29.2 Å². The standard InChI is InChI=1S/C17H15NO7.C2H6/c1-23-15-5-3-11(8-17(20)24-2)7-16(15)25-14-6-4-13(18(21)22)9-12(14)10-19;1-2/h3-7,9-10H,8H2,1-2H3;1-2H3. The van der Waals surface area contributed by atoms with Crippen LogP contribution in [0.3, 0.4) is 0 Å². The minimum absolute atomic E-state index is 0.0228. The van der Waals surface area contributed by atoms with E-state index < -0.39 is 10.9 Å². The molecule has 8 nitrogen and oxygen atoms in total. The van der Waals surface area contributed by atoms with Crippen LogP contribution in [0.5, 0.6) is 17.2 Å². The minimum Gasteiger partial charge on any atom is -0.493 e. The Morgan fingerprint density at radius 3 is 2.30 bits per heavy atom. The lowest BCUT2D eigenvalue weighted by Gasteiger charge is -2.13. The molecule has 0 spiro atoms. The van der Waals surface area contributed by atoms with Gasteiger partial charge in [0.2, 0.25) is 0 Å². The fourth-order valence-corrected chi connectivity index (χ4v) is 2.10. The molecule has 2 aromatic rings. The molecule has 0 atom stereocenters. The second kappa shape index (κ2) is 10.5. The molecule has 0 N–H and O–H groups in total. The van der Waals surface area contributed by atoms with Gasteiger partial charge in [-0.1, -0.05) is 19.9 Å². The van der Waals surface area contributed by atoms with Crippen LogP contribution in [0.4, 0.5) is 5.69 Å². The number of hydrogen-bond acceptors (Lipinski definition) is 7. The molecule has 27 heavy (non-hydrogen) atoms. The number of methoxy groups -OCH3 is 2. The normalized spacial score (nSPS) is 9.48. The molecule has 0 amide bonds. The first-order valence-electron chi connectivity index (χ1n) is 8.13. The summed E-state index contributed by atoms with van der Waals surface area (Å²) >= 11 is 0. The van der Waals surface area contributed by atoms with Crippen LogP contribution < -0.4 is 9.47 Å². The molecule has 2 aromatic carbocycles. The van der Waals surface area contributed by atoms with Gasteiger partial charge in [0.1, 0.15) is 5.75 Å². The van der Waals surface area contributed by atoms with Gasteiger partial charge < -0.3 is 14.2 Å². The van der Waals surface area contributed by atoms with Crippen LogP contribution in [-0.4, -0.2) is 31.4 Å². The number of hydrogen-bond donors (Lipinski definition) is 0. The zero-order valence-corrected chi connectivity index (χ0v) is 15.6. The van der Waals surface area contributed by atoms with E-state index >= 15 is 0 Å². The summed E-state index contributed by atoms with van der Waals surface area (Å²) < 4.78 is 15.5. The molecule has 0 unspecified atom stereocenters. The summed E-state index contributed by atoms with van der Waals surface area (Å²) in [5.41, 5.74) is 0.424. The number of non-ortho nitro benzene ring substituents is 1. The topological polar surface area (TPSA) is 105 Å². The molecular weight excluding hydrogens is 354 g/mol. The molecular formula is C19H21NO7. The van der Waals surface area contributed by atoms with E-state index in [0.717, 1.165) is 6.07 Å². The number of benzene rings is 2. The Hall–Kier alpha value is -3.42. The highest BCUT2D eigenvalue weighted by Crippen LogP contribution is 2.34. The number of esters is 1. The Morgan fingerprint density at radius 2 is 1.74 bits per heavy atom. The summed E-state index contributed by atoms with van der Waals surface area (Å²) in [5, 5.41) is 10.8. The van der Waals surface area contributed by atoms with Crippen molar-refractivity contribution in [2.24, 2.45) is 0 Å². The predicted molar refractivity (Wildman–Crippen MR) is 98.6 cm³/mol. The van der Waals surface area contributed by atoms with Gasteiger partial charge in [0.15, 0.2) is 17.8 Å². The van der Waals surface area contributed by atoms with Crippen LogP contribution in [-0.2, 0) is 16.0 Å². The van der Waals surface area contributed by atoms with E-state index in [9.17, 15) is 19.7 Å². The Morgan fingerprint density at radius 1 is 1.07 bits per heavy atom. The first-order chi connectivity index (χ1) is 13.0. The number of carbonyl (C=O) groups is 2. The average Bonchev–Trinajstić information content (AvgIpc) is 2.69. The Kier molecular flexibility index (Phi) is 8.44. The number of nitro benzene ring substituents is 1. The molecule has 2 rings (SSSR count). The van der Waals surface area contributed by atoms with Crippen LogP contribution in [0, 0.1) is 10.1 Å². The molecule has 0 saturated carbocycles. The Bertz CT molecular complexity index is 818. The lowest BCUT2D eigenvalue weighted by Crippen LogP contribution is -2.04. The fourth-order valence-electron chi connectivity index (χ4n) is 2.10. The summed E-state index contributed by atoms with van der Waals surface area (Å²) in [6.07, 6.45) is 0.505. The van der Waals surface area contributed by atoms with E-state index in [0.29, 0.717) is 17.6 Å². The van der Waals surface area contributed by atoms with E-state index in [1.165, 1.54) is 26.4 Å². The van der Waals surface area contributed by atoms with Crippen molar-refractivity contribution >= 4 is 17.9 Å². The van der Waals surface area contributed by atoms with Crippen LogP contribution in [0.2, 0.25) is 0 Å². The number of nitro groups is 1. The molecule has 0 fully saturated rings. The maximum Gasteiger partial charge on any atom is 0.309 e. The maximum absolute atomic E-state index is 11.4. The number of aldehydes is 1. The first kappa shape index (κ1) is 21.6. The van der Waals surface area contributed by atoms with Crippen molar-refractivity contribution in [3.8, 4) is 17.2 Å². The van der Waals surface area contributed by atoms with Crippen molar-refractivity contribution in [1.29, 1.82) is 0 Å². The molecule has 0 aliphatic carbocycles. The van der Waals surface area contributed by atoms with Crippen LogP contribution >= 0.6 is 0 Å². The van der Waals surface area contributed by atoms with Crippen molar-refractivity contribution < 1.29 is 28.7 Å². The van der Waals surface area contributed by atoms with E-state index in [1.807, 2.05) is 13.8 Å². The first-order valence-corrected chi connectivity index (χ1v) is 8.13. The lowest BCUT2D eigenvalue weighted by atomic mass is 10.1. The average molecular weight is 375 g/mol. The summed E-state index contributed by atoms with van der Waals surface area (Å²) in [6.45, 7) is 4.00. The van der Waals surface area contributed by atoms with E-state index in [2.05, 4.69) is 4.74 Å². The van der Waals surface area contributed by atoms with Crippen LogP contribution in [0.1, 0.15) is 29.8 Å². The van der Waals surface area contributed by atoms with Crippen LogP contribution in [0.15, 0.2) is 36.4 Å². The molecule has 144 valence electrons. The Labute approximate surface area is 156 Å². The summed E-state index contributed by atoms with van der Waals surface area (Å²) in [4.78, 5) is 32.8. The van der Waals surface area contributed by atoms with Crippen LogP contribution in [0.25, 0.3) is 0 Å². The van der Waals surface area contributed by atoms with Crippen molar-refractivity contribution in [3.63, 3.8) is 0 Å². The highest BCUT2D eigenvalue weighted by atomic mass is 16.6. The SMILES string of the molecule is CC.COC(=O)Cc1ccc(OC)c(Oc2ccc([N+](=O)[O-])cc2C=O)c1.